The highest BCUT2D eigenvalue weighted by Crippen LogP contribution is 2.07. The maximum atomic E-state index is 4.18. The molecule has 0 saturated carbocycles. The van der Waals surface area contributed by atoms with Gasteiger partial charge in [0.25, 0.3) is 0 Å². The number of imidazole rings is 1. The van der Waals surface area contributed by atoms with Crippen molar-refractivity contribution in [3.05, 3.63) is 61.3 Å². The molecule has 0 atom stereocenters. The molecular weight excluding hydrogens is 270 g/mol. The van der Waals surface area contributed by atoms with Crippen LogP contribution >= 0.6 is 0 Å². The van der Waals surface area contributed by atoms with Gasteiger partial charge < -0.3 is 0 Å². The smallest absolute Gasteiger partial charge is 0.243 e. The standard InChI is InChI=1S/C10H19N2.C9H7N/c1-3-4-5-6-7-12-9-8-11(2)10-12;1-2-6-9-8(4-1)5-3-7-10-9/h8-10H,3-7H2,1-2H3;1-7H/q+1;. The number of hydrogen-bond acceptors (Lipinski definition) is 1. The van der Waals surface area contributed by atoms with E-state index < -0.39 is 0 Å². The summed E-state index contributed by atoms with van der Waals surface area (Å²) in [6.45, 7) is 3.41. The van der Waals surface area contributed by atoms with E-state index in [-0.39, 0.29) is 0 Å². The summed E-state index contributed by atoms with van der Waals surface area (Å²) in [7, 11) is 2.06. The Bertz CT molecular complexity index is 608. The molecule has 3 nitrogen and oxygen atoms in total. The number of rotatable bonds is 5. The molecular formula is C19H26N3+. The largest absolute Gasteiger partial charge is 0.256 e. The molecule has 2 aromatic heterocycles. The highest BCUT2D eigenvalue weighted by Gasteiger charge is 1.98. The molecule has 1 aromatic carbocycles. The molecule has 2 heterocycles. The fraction of sp³-hybridized carbons (Fsp3) is 0.368. The summed E-state index contributed by atoms with van der Waals surface area (Å²) < 4.78 is 4.33. The Balaban J connectivity index is 0.000000162. The minimum absolute atomic E-state index is 1.06. The van der Waals surface area contributed by atoms with Crippen LogP contribution in [0.2, 0.25) is 0 Å². The molecule has 116 valence electrons. The third-order valence-corrected chi connectivity index (χ3v) is 3.61. The molecule has 0 amide bonds. The topological polar surface area (TPSA) is 21.7 Å². The predicted octanol–water partition coefficient (Wildman–Crippen LogP) is 4.13. The van der Waals surface area contributed by atoms with Gasteiger partial charge in [-0.1, -0.05) is 44.0 Å². The lowest BCUT2D eigenvalue weighted by Gasteiger charge is -1.95. The van der Waals surface area contributed by atoms with Crippen molar-refractivity contribution in [1.29, 1.82) is 0 Å². The van der Waals surface area contributed by atoms with Crippen LogP contribution in [0.4, 0.5) is 0 Å². The average Bonchev–Trinajstić information content (AvgIpc) is 2.98. The summed E-state index contributed by atoms with van der Waals surface area (Å²) in [5.74, 6) is 0. The summed E-state index contributed by atoms with van der Waals surface area (Å²) >= 11 is 0. The van der Waals surface area contributed by atoms with E-state index in [0.717, 1.165) is 5.52 Å². The first kappa shape index (κ1) is 16.2. The van der Waals surface area contributed by atoms with E-state index in [1.165, 1.54) is 37.6 Å². The lowest BCUT2D eigenvalue weighted by molar-refractivity contribution is -0.671. The zero-order chi connectivity index (χ0) is 15.6. The number of benzene rings is 1. The van der Waals surface area contributed by atoms with Gasteiger partial charge in [-0.25, -0.2) is 9.13 Å². The van der Waals surface area contributed by atoms with Gasteiger partial charge >= 0.3 is 0 Å². The summed E-state index contributed by atoms with van der Waals surface area (Å²) in [5.41, 5.74) is 1.06. The highest BCUT2D eigenvalue weighted by atomic mass is 15.1. The molecule has 0 N–H and O–H groups in total. The van der Waals surface area contributed by atoms with Gasteiger partial charge in [-0.3, -0.25) is 4.98 Å². The second-order valence-electron chi connectivity index (χ2n) is 5.57. The zero-order valence-electron chi connectivity index (χ0n) is 13.7. The molecule has 0 unspecified atom stereocenters. The van der Waals surface area contributed by atoms with E-state index in [1.807, 2.05) is 30.5 Å². The summed E-state index contributed by atoms with van der Waals surface area (Å²) in [5, 5.41) is 1.20. The average molecular weight is 296 g/mol. The minimum Gasteiger partial charge on any atom is -0.256 e. The molecule has 22 heavy (non-hydrogen) atoms. The Morgan fingerprint density at radius 3 is 2.59 bits per heavy atom. The van der Waals surface area contributed by atoms with Crippen molar-refractivity contribution >= 4 is 10.9 Å². The van der Waals surface area contributed by atoms with Crippen molar-refractivity contribution in [2.45, 2.75) is 39.2 Å². The third kappa shape index (κ3) is 5.32. The molecule has 3 aromatic rings. The van der Waals surface area contributed by atoms with Gasteiger partial charge in [-0.15, -0.1) is 0 Å². The van der Waals surface area contributed by atoms with Crippen LogP contribution in [0.5, 0.6) is 0 Å². The van der Waals surface area contributed by atoms with Gasteiger partial charge in [0, 0.05) is 11.6 Å². The van der Waals surface area contributed by atoms with Crippen LogP contribution in [0.15, 0.2) is 61.3 Å². The maximum Gasteiger partial charge on any atom is 0.243 e. The van der Waals surface area contributed by atoms with E-state index >= 15 is 0 Å². The predicted molar refractivity (Wildman–Crippen MR) is 91.5 cm³/mol. The van der Waals surface area contributed by atoms with E-state index in [2.05, 4.69) is 58.9 Å². The quantitative estimate of drug-likeness (QED) is 0.512. The molecule has 0 radical (unpaired) electrons. The van der Waals surface area contributed by atoms with E-state index in [4.69, 9.17) is 0 Å². The van der Waals surface area contributed by atoms with Crippen LogP contribution in [0.1, 0.15) is 32.6 Å². The molecule has 0 bridgehead atoms. The minimum atomic E-state index is 1.06. The number of nitrogens with zero attached hydrogens (tertiary/aromatic N) is 3. The first-order chi connectivity index (χ1) is 10.8. The zero-order valence-corrected chi connectivity index (χ0v) is 13.7. The molecule has 0 aliphatic heterocycles. The van der Waals surface area contributed by atoms with Gasteiger partial charge in [-0.05, 0) is 25.0 Å². The summed E-state index contributed by atoms with van der Waals surface area (Å²) in [4.78, 5) is 4.18. The molecule has 0 saturated heterocycles. The van der Waals surface area contributed by atoms with Gasteiger partial charge in [0.05, 0.1) is 19.1 Å². The highest BCUT2D eigenvalue weighted by molar-refractivity contribution is 5.77. The Labute approximate surface area is 133 Å². The van der Waals surface area contributed by atoms with Gasteiger partial charge in [-0.2, -0.15) is 0 Å². The van der Waals surface area contributed by atoms with Gasteiger partial charge in [0.2, 0.25) is 6.33 Å². The van der Waals surface area contributed by atoms with Crippen molar-refractivity contribution < 1.29 is 4.57 Å². The number of aryl methyl sites for hydroxylation is 2. The van der Waals surface area contributed by atoms with Crippen molar-refractivity contribution in [1.82, 2.24) is 9.55 Å². The van der Waals surface area contributed by atoms with Crippen LogP contribution in [0.25, 0.3) is 10.9 Å². The summed E-state index contributed by atoms with van der Waals surface area (Å²) in [6.07, 6.45) is 13.5. The molecule has 0 spiro atoms. The first-order valence-electron chi connectivity index (χ1n) is 8.10. The Hall–Kier alpha value is -2.16. The van der Waals surface area contributed by atoms with Crippen molar-refractivity contribution in [2.24, 2.45) is 7.05 Å². The van der Waals surface area contributed by atoms with E-state index in [0.29, 0.717) is 0 Å². The SMILES string of the molecule is CCCCCCn1cc[n+](C)c1.c1ccc2ncccc2c1. The second kappa shape index (κ2) is 8.98. The first-order valence-corrected chi connectivity index (χ1v) is 8.10. The van der Waals surface area contributed by atoms with Crippen molar-refractivity contribution in [3.63, 3.8) is 0 Å². The number of unbranched alkanes of at least 4 members (excludes halogenated alkanes) is 3. The number of fused-ring (bicyclic) bond motifs is 1. The Kier molecular flexibility index (Phi) is 6.62. The van der Waals surface area contributed by atoms with Crippen LogP contribution in [0.3, 0.4) is 0 Å². The number of hydrogen-bond donors (Lipinski definition) is 0. The Morgan fingerprint density at radius 1 is 1.05 bits per heavy atom. The Morgan fingerprint density at radius 2 is 1.86 bits per heavy atom. The van der Waals surface area contributed by atoms with Crippen LogP contribution in [-0.4, -0.2) is 9.55 Å². The molecule has 0 aliphatic rings. The summed E-state index contributed by atoms with van der Waals surface area (Å²) in [6, 6.07) is 12.1. The van der Waals surface area contributed by atoms with Gasteiger partial charge in [0.1, 0.15) is 12.4 Å². The van der Waals surface area contributed by atoms with E-state index in [9.17, 15) is 0 Å². The molecule has 0 fully saturated rings. The number of pyridine rings is 1. The van der Waals surface area contributed by atoms with Crippen LogP contribution in [-0.2, 0) is 13.6 Å². The van der Waals surface area contributed by atoms with Gasteiger partial charge in [0.15, 0.2) is 0 Å². The second-order valence-corrected chi connectivity index (χ2v) is 5.57. The fourth-order valence-electron chi connectivity index (χ4n) is 2.37. The maximum absolute atomic E-state index is 4.18. The van der Waals surface area contributed by atoms with E-state index in [1.54, 1.807) is 0 Å². The normalized spacial score (nSPS) is 10.3. The van der Waals surface area contributed by atoms with Crippen molar-refractivity contribution in [2.75, 3.05) is 0 Å². The lowest BCUT2D eigenvalue weighted by atomic mass is 10.2. The van der Waals surface area contributed by atoms with Crippen LogP contribution in [0, 0.1) is 0 Å². The monoisotopic (exact) mass is 296 g/mol. The lowest BCUT2D eigenvalue weighted by Crippen LogP contribution is -2.23. The third-order valence-electron chi connectivity index (χ3n) is 3.61. The van der Waals surface area contributed by atoms with Crippen LogP contribution < -0.4 is 4.57 Å². The fourth-order valence-corrected chi connectivity index (χ4v) is 2.37. The number of aromatic nitrogens is 3. The number of para-hydroxylation sites is 1. The van der Waals surface area contributed by atoms with Crippen molar-refractivity contribution in [3.8, 4) is 0 Å². The molecule has 0 aliphatic carbocycles. The molecule has 3 heteroatoms. The molecule has 3 rings (SSSR count).